The molecule has 0 unspecified atom stereocenters. The van der Waals surface area contributed by atoms with Crippen LogP contribution in [0.5, 0.6) is 0 Å². The van der Waals surface area contributed by atoms with E-state index < -0.39 is 0 Å². The second-order valence-corrected chi connectivity index (χ2v) is 8.91. The highest BCUT2D eigenvalue weighted by atomic mass is 32.1. The first kappa shape index (κ1) is 18.0. The predicted octanol–water partition coefficient (Wildman–Crippen LogP) is 4.56. The first-order valence-electron chi connectivity index (χ1n) is 9.83. The summed E-state index contributed by atoms with van der Waals surface area (Å²) in [5.41, 5.74) is 4.54. The summed E-state index contributed by atoms with van der Waals surface area (Å²) in [6.45, 7) is 2.17. The standard InChI is InChI=1S/C21H19BN6S/c1-13-17(8-23)16(7-15-9-27(2)26-20(13)15)19-11-28-10-18(25-21(28)29-19)14-3-5-22(12-24)6-4-14/h7,9-11,14H,3-6H2,1-2H3. The Labute approximate surface area is 173 Å². The lowest BCUT2D eigenvalue weighted by atomic mass is 9.41. The molecule has 1 aliphatic rings. The first-order valence-corrected chi connectivity index (χ1v) is 10.6. The lowest BCUT2D eigenvalue weighted by Gasteiger charge is -2.21. The molecule has 29 heavy (non-hydrogen) atoms. The summed E-state index contributed by atoms with van der Waals surface area (Å²) >= 11 is 1.62. The van der Waals surface area contributed by atoms with E-state index in [1.807, 2.05) is 20.2 Å². The summed E-state index contributed by atoms with van der Waals surface area (Å²) < 4.78 is 3.87. The number of benzene rings is 1. The minimum atomic E-state index is 0.205. The van der Waals surface area contributed by atoms with Crippen molar-refractivity contribution in [1.82, 2.24) is 19.2 Å². The summed E-state index contributed by atoms with van der Waals surface area (Å²) in [5.74, 6) is 2.84. The smallest absolute Gasteiger partial charge is 0.267 e. The van der Waals surface area contributed by atoms with Crippen LogP contribution in [0.15, 0.2) is 24.7 Å². The Morgan fingerprint density at radius 3 is 2.69 bits per heavy atom. The van der Waals surface area contributed by atoms with Crippen LogP contribution in [0.1, 0.15) is 35.6 Å². The number of nitriles is 2. The highest BCUT2D eigenvalue weighted by Gasteiger charge is 2.27. The van der Waals surface area contributed by atoms with Crippen molar-refractivity contribution in [2.45, 2.75) is 38.3 Å². The van der Waals surface area contributed by atoms with E-state index in [0.29, 0.717) is 11.5 Å². The van der Waals surface area contributed by atoms with Crippen molar-refractivity contribution in [3.8, 4) is 22.5 Å². The molecule has 0 bridgehead atoms. The Kier molecular flexibility index (Phi) is 4.18. The highest BCUT2D eigenvalue weighted by molar-refractivity contribution is 7.20. The van der Waals surface area contributed by atoms with E-state index in [0.717, 1.165) is 63.0 Å². The Hall–Kier alpha value is -3.10. The zero-order valence-corrected chi connectivity index (χ0v) is 17.2. The molecule has 1 aliphatic heterocycles. The fourth-order valence-electron chi connectivity index (χ4n) is 4.44. The molecule has 0 amide bonds. The van der Waals surface area contributed by atoms with Gasteiger partial charge in [0.15, 0.2) is 4.96 Å². The quantitative estimate of drug-likeness (QED) is 0.463. The van der Waals surface area contributed by atoms with Crippen molar-refractivity contribution in [1.29, 1.82) is 10.5 Å². The average molecular weight is 398 g/mol. The van der Waals surface area contributed by atoms with Gasteiger partial charge in [-0.1, -0.05) is 36.8 Å². The second-order valence-electron chi connectivity index (χ2n) is 7.91. The molecule has 0 atom stereocenters. The molecule has 3 aromatic heterocycles. The van der Waals surface area contributed by atoms with Crippen molar-refractivity contribution in [3.63, 3.8) is 0 Å². The van der Waals surface area contributed by atoms with Gasteiger partial charge < -0.3 is 0 Å². The zero-order chi connectivity index (χ0) is 20.1. The third-order valence-electron chi connectivity index (χ3n) is 6.04. The van der Waals surface area contributed by atoms with E-state index >= 15 is 0 Å². The molecule has 0 aliphatic carbocycles. The largest absolute Gasteiger partial charge is 0.297 e. The Bertz CT molecular complexity index is 1290. The zero-order valence-electron chi connectivity index (χ0n) is 16.4. The monoisotopic (exact) mass is 398 g/mol. The highest BCUT2D eigenvalue weighted by Crippen LogP contribution is 2.38. The maximum atomic E-state index is 9.78. The van der Waals surface area contributed by atoms with Crippen LogP contribution in [0.3, 0.4) is 0 Å². The summed E-state index contributed by atoms with van der Waals surface area (Å²) in [6.07, 6.45) is 10.2. The van der Waals surface area contributed by atoms with Crippen LogP contribution in [0, 0.1) is 29.5 Å². The molecular formula is C21H19BN6S. The molecule has 0 N–H and O–H groups in total. The van der Waals surface area contributed by atoms with E-state index in [4.69, 9.17) is 10.2 Å². The average Bonchev–Trinajstić information content (AvgIpc) is 3.40. The van der Waals surface area contributed by atoms with Gasteiger partial charge in [-0.05, 0) is 18.6 Å². The Morgan fingerprint density at radius 1 is 1.21 bits per heavy atom. The number of imidazole rings is 1. The molecule has 5 rings (SSSR count). The minimum absolute atomic E-state index is 0.205. The van der Waals surface area contributed by atoms with Crippen LogP contribution in [0.2, 0.25) is 12.6 Å². The van der Waals surface area contributed by atoms with Gasteiger partial charge in [0, 0.05) is 48.5 Å². The van der Waals surface area contributed by atoms with Gasteiger partial charge >= 0.3 is 0 Å². The Balaban J connectivity index is 1.53. The molecule has 1 aromatic carbocycles. The van der Waals surface area contributed by atoms with E-state index in [-0.39, 0.29) is 6.71 Å². The van der Waals surface area contributed by atoms with Crippen LogP contribution in [-0.2, 0) is 7.05 Å². The molecule has 4 aromatic rings. The van der Waals surface area contributed by atoms with Gasteiger partial charge in [0.1, 0.15) is 6.07 Å². The van der Waals surface area contributed by atoms with Gasteiger partial charge in [-0.2, -0.15) is 10.4 Å². The summed E-state index contributed by atoms with van der Waals surface area (Å²) in [7, 11) is 1.90. The van der Waals surface area contributed by atoms with Crippen molar-refractivity contribution in [2.75, 3.05) is 0 Å². The molecule has 1 saturated heterocycles. The third kappa shape index (κ3) is 2.92. The van der Waals surface area contributed by atoms with E-state index in [1.54, 1.807) is 16.0 Å². The number of thiazole rings is 1. The van der Waals surface area contributed by atoms with Crippen LogP contribution in [0.25, 0.3) is 26.3 Å². The number of nitrogens with zero attached hydrogens (tertiary/aromatic N) is 6. The topological polar surface area (TPSA) is 82.7 Å². The van der Waals surface area contributed by atoms with Gasteiger partial charge in [0.2, 0.25) is 0 Å². The SMILES string of the molecule is Cc1c(C#N)c(-c2cn3cc(C4CCB(C#N)CC4)nc3s2)cc2cn(C)nc12. The van der Waals surface area contributed by atoms with Crippen molar-refractivity contribution in [2.24, 2.45) is 7.05 Å². The van der Waals surface area contributed by atoms with Crippen molar-refractivity contribution >= 4 is 33.9 Å². The molecule has 0 saturated carbocycles. The summed E-state index contributed by atoms with van der Waals surface area (Å²) in [4.78, 5) is 6.87. The Morgan fingerprint density at radius 2 is 2.00 bits per heavy atom. The van der Waals surface area contributed by atoms with E-state index in [1.165, 1.54) is 0 Å². The lowest BCUT2D eigenvalue weighted by Crippen LogP contribution is -2.18. The molecule has 8 heteroatoms. The summed E-state index contributed by atoms with van der Waals surface area (Å²) in [6, 6.07) is 4.43. The normalized spacial score (nSPS) is 15.1. The number of hydrogen-bond donors (Lipinski definition) is 0. The maximum absolute atomic E-state index is 9.78. The maximum Gasteiger partial charge on any atom is 0.267 e. The van der Waals surface area contributed by atoms with Crippen LogP contribution < -0.4 is 0 Å². The second kappa shape index (κ2) is 6.75. The van der Waals surface area contributed by atoms with Crippen LogP contribution in [0.4, 0.5) is 0 Å². The molecule has 0 radical (unpaired) electrons. The van der Waals surface area contributed by atoms with Crippen LogP contribution >= 0.6 is 11.3 Å². The van der Waals surface area contributed by atoms with Gasteiger partial charge in [0.05, 0.1) is 21.7 Å². The molecule has 4 heterocycles. The molecule has 0 spiro atoms. The lowest BCUT2D eigenvalue weighted by molar-refractivity contribution is 0.598. The molecular weight excluding hydrogens is 379 g/mol. The number of hydrogen-bond acceptors (Lipinski definition) is 5. The van der Waals surface area contributed by atoms with Gasteiger partial charge in [-0.3, -0.25) is 9.08 Å². The summed E-state index contributed by atoms with van der Waals surface area (Å²) in [5, 5.41) is 24.4. The molecule has 1 fully saturated rings. The first-order chi connectivity index (χ1) is 14.1. The third-order valence-corrected chi connectivity index (χ3v) is 7.07. The molecule has 6 nitrogen and oxygen atoms in total. The predicted molar refractivity (Wildman–Crippen MR) is 115 cm³/mol. The van der Waals surface area contributed by atoms with Crippen molar-refractivity contribution in [3.05, 3.63) is 41.5 Å². The van der Waals surface area contributed by atoms with Gasteiger partial charge in [0.25, 0.3) is 6.71 Å². The van der Waals surface area contributed by atoms with E-state index in [2.05, 4.69) is 40.0 Å². The number of rotatable bonds is 2. The fraction of sp³-hybridized carbons (Fsp3) is 0.333. The number of fused-ring (bicyclic) bond motifs is 2. The number of aryl methyl sites for hydroxylation is 2. The fourth-order valence-corrected chi connectivity index (χ4v) is 5.44. The van der Waals surface area contributed by atoms with Gasteiger partial charge in [-0.25, -0.2) is 10.2 Å². The van der Waals surface area contributed by atoms with E-state index in [9.17, 15) is 5.26 Å². The number of aromatic nitrogens is 4. The van der Waals surface area contributed by atoms with Crippen LogP contribution in [-0.4, -0.2) is 25.9 Å². The molecule has 142 valence electrons. The minimum Gasteiger partial charge on any atom is -0.297 e. The van der Waals surface area contributed by atoms with Gasteiger partial charge in [-0.15, -0.1) is 0 Å². The van der Waals surface area contributed by atoms with Crippen molar-refractivity contribution < 1.29 is 0 Å².